The molecule has 108 valence electrons. The average Bonchev–Trinajstić information content (AvgIpc) is 2.71. The fraction of sp³-hybridized carbons (Fsp3) is 0.333. The summed E-state index contributed by atoms with van der Waals surface area (Å²) in [5, 5.41) is 6.60. The summed E-state index contributed by atoms with van der Waals surface area (Å²) in [5.41, 5.74) is 1.72. The molecule has 0 unspecified atom stereocenters. The topological polar surface area (TPSA) is 97.1 Å². The molecule has 0 aliphatic carbocycles. The van der Waals surface area contributed by atoms with Crippen LogP contribution in [0.15, 0.2) is 27.9 Å². The van der Waals surface area contributed by atoms with E-state index in [1.165, 1.54) is 6.20 Å². The van der Waals surface area contributed by atoms with Crippen LogP contribution in [-0.2, 0) is 10.0 Å². The summed E-state index contributed by atoms with van der Waals surface area (Å²) in [7, 11) is -3.83. The van der Waals surface area contributed by atoms with Crippen molar-refractivity contribution in [2.45, 2.75) is 25.8 Å². The van der Waals surface area contributed by atoms with Crippen LogP contribution in [0.25, 0.3) is 0 Å². The maximum atomic E-state index is 12.4. The lowest BCUT2D eigenvalue weighted by atomic mass is 10.3. The van der Waals surface area contributed by atoms with E-state index in [0.717, 1.165) is 0 Å². The predicted octanol–water partition coefficient (Wildman–Crippen LogP) is 1.92. The second kappa shape index (κ2) is 5.49. The van der Waals surface area contributed by atoms with Crippen LogP contribution in [0.4, 0.5) is 11.6 Å². The summed E-state index contributed by atoms with van der Waals surface area (Å²) < 4.78 is 32.0. The van der Waals surface area contributed by atoms with Crippen LogP contribution in [0, 0.1) is 13.8 Å². The van der Waals surface area contributed by atoms with Crippen molar-refractivity contribution in [3.05, 3.63) is 29.6 Å². The Bertz CT molecular complexity index is 709. The summed E-state index contributed by atoms with van der Waals surface area (Å²) in [4.78, 5) is 3.93. The van der Waals surface area contributed by atoms with Crippen molar-refractivity contribution in [3.8, 4) is 0 Å². The molecule has 2 N–H and O–H groups in total. The zero-order valence-electron chi connectivity index (χ0n) is 11.5. The average molecular weight is 296 g/mol. The van der Waals surface area contributed by atoms with E-state index < -0.39 is 10.0 Å². The zero-order chi connectivity index (χ0) is 14.8. The van der Waals surface area contributed by atoms with Crippen molar-refractivity contribution in [2.75, 3.05) is 16.6 Å². The van der Waals surface area contributed by atoms with Crippen LogP contribution in [0.5, 0.6) is 0 Å². The first-order valence-electron chi connectivity index (χ1n) is 6.10. The minimum atomic E-state index is -3.83. The standard InChI is InChI=1S/C12H16N4O3S/c1-4-13-10-6-5-7-14-12(10)20(17,18)16-11-8(2)9(3)15-19-11/h5-7,13,16H,4H2,1-3H3. The Balaban J connectivity index is 2.38. The van der Waals surface area contributed by atoms with Crippen molar-refractivity contribution >= 4 is 21.6 Å². The van der Waals surface area contributed by atoms with E-state index in [-0.39, 0.29) is 10.9 Å². The van der Waals surface area contributed by atoms with Gasteiger partial charge in [0, 0.05) is 18.3 Å². The number of aromatic nitrogens is 2. The molecule has 20 heavy (non-hydrogen) atoms. The Labute approximate surface area is 117 Å². The van der Waals surface area contributed by atoms with Crippen LogP contribution >= 0.6 is 0 Å². The van der Waals surface area contributed by atoms with Gasteiger partial charge in [-0.05, 0) is 32.9 Å². The Morgan fingerprint density at radius 1 is 1.35 bits per heavy atom. The van der Waals surface area contributed by atoms with Gasteiger partial charge < -0.3 is 9.84 Å². The van der Waals surface area contributed by atoms with Gasteiger partial charge in [-0.2, -0.15) is 8.42 Å². The van der Waals surface area contributed by atoms with E-state index in [1.54, 1.807) is 26.0 Å². The highest BCUT2D eigenvalue weighted by atomic mass is 32.2. The molecule has 7 nitrogen and oxygen atoms in total. The highest BCUT2D eigenvalue weighted by molar-refractivity contribution is 7.92. The van der Waals surface area contributed by atoms with Gasteiger partial charge in [0.25, 0.3) is 10.0 Å². The third kappa shape index (κ3) is 2.74. The van der Waals surface area contributed by atoms with Gasteiger partial charge in [-0.1, -0.05) is 5.16 Å². The highest BCUT2D eigenvalue weighted by Gasteiger charge is 2.23. The fourth-order valence-corrected chi connectivity index (χ4v) is 2.77. The predicted molar refractivity (Wildman–Crippen MR) is 75.2 cm³/mol. The lowest BCUT2D eigenvalue weighted by Crippen LogP contribution is -2.17. The minimum Gasteiger partial charge on any atom is -0.383 e. The first-order chi connectivity index (χ1) is 9.45. The molecular formula is C12H16N4O3S. The Hall–Kier alpha value is -2.09. The van der Waals surface area contributed by atoms with Crippen LogP contribution in [-0.4, -0.2) is 25.1 Å². The monoisotopic (exact) mass is 296 g/mol. The van der Waals surface area contributed by atoms with Crippen LogP contribution in [0.1, 0.15) is 18.2 Å². The summed E-state index contributed by atoms with van der Waals surface area (Å²) in [5.74, 6) is 0.107. The largest absolute Gasteiger partial charge is 0.383 e. The van der Waals surface area contributed by atoms with Crippen molar-refractivity contribution in [3.63, 3.8) is 0 Å². The number of anilines is 2. The molecule has 0 saturated carbocycles. The number of sulfonamides is 1. The van der Waals surface area contributed by atoms with E-state index in [0.29, 0.717) is 23.5 Å². The van der Waals surface area contributed by atoms with E-state index in [4.69, 9.17) is 4.52 Å². The number of rotatable bonds is 5. The molecule has 0 saturated heterocycles. The number of nitrogens with one attached hydrogen (secondary N) is 2. The second-order valence-electron chi connectivity index (χ2n) is 4.21. The molecule has 0 aromatic carbocycles. The third-order valence-electron chi connectivity index (χ3n) is 2.78. The third-order valence-corrected chi connectivity index (χ3v) is 4.07. The Kier molecular flexibility index (Phi) is 3.93. The number of pyridine rings is 1. The molecule has 2 heterocycles. The van der Waals surface area contributed by atoms with Crippen LogP contribution in [0.3, 0.4) is 0 Å². The smallest absolute Gasteiger partial charge is 0.283 e. The number of aryl methyl sites for hydroxylation is 1. The normalized spacial score (nSPS) is 11.3. The lowest BCUT2D eigenvalue weighted by molar-refractivity contribution is 0.430. The van der Waals surface area contributed by atoms with Gasteiger partial charge in [-0.15, -0.1) is 0 Å². The molecule has 2 aromatic heterocycles. The van der Waals surface area contributed by atoms with Crippen LogP contribution < -0.4 is 10.0 Å². The summed E-state index contributed by atoms with van der Waals surface area (Å²) in [6.07, 6.45) is 1.42. The van der Waals surface area contributed by atoms with E-state index >= 15 is 0 Å². The van der Waals surface area contributed by atoms with Crippen molar-refractivity contribution in [1.82, 2.24) is 10.1 Å². The first-order valence-corrected chi connectivity index (χ1v) is 7.58. The Morgan fingerprint density at radius 3 is 2.70 bits per heavy atom. The molecule has 0 atom stereocenters. The van der Waals surface area contributed by atoms with Gasteiger partial charge in [0.1, 0.15) is 0 Å². The molecule has 8 heteroatoms. The van der Waals surface area contributed by atoms with Gasteiger partial charge in [-0.25, -0.2) is 9.71 Å². The molecule has 0 bridgehead atoms. The first kappa shape index (κ1) is 14.3. The lowest BCUT2D eigenvalue weighted by Gasteiger charge is -2.10. The quantitative estimate of drug-likeness (QED) is 0.875. The van der Waals surface area contributed by atoms with E-state index in [1.807, 2.05) is 6.92 Å². The SMILES string of the molecule is CCNc1cccnc1S(=O)(=O)Nc1onc(C)c1C. The molecule has 2 rings (SSSR count). The van der Waals surface area contributed by atoms with Gasteiger partial charge in [0.15, 0.2) is 5.03 Å². The van der Waals surface area contributed by atoms with Crippen molar-refractivity contribution in [2.24, 2.45) is 0 Å². The summed E-state index contributed by atoms with van der Waals surface area (Å²) in [6.45, 7) is 5.93. The molecule has 2 aromatic rings. The van der Waals surface area contributed by atoms with Crippen molar-refractivity contribution < 1.29 is 12.9 Å². The molecular weight excluding hydrogens is 280 g/mol. The summed E-state index contributed by atoms with van der Waals surface area (Å²) in [6, 6.07) is 3.32. The highest BCUT2D eigenvalue weighted by Crippen LogP contribution is 2.24. The number of nitrogens with zero attached hydrogens (tertiary/aromatic N) is 2. The fourth-order valence-electron chi connectivity index (χ4n) is 1.61. The van der Waals surface area contributed by atoms with E-state index in [2.05, 4.69) is 20.2 Å². The molecule has 0 spiro atoms. The van der Waals surface area contributed by atoms with Gasteiger partial charge in [-0.3, -0.25) is 0 Å². The molecule has 0 aliphatic rings. The maximum absolute atomic E-state index is 12.4. The Morgan fingerprint density at radius 2 is 2.10 bits per heavy atom. The molecule has 0 aliphatic heterocycles. The summed E-state index contributed by atoms with van der Waals surface area (Å²) >= 11 is 0. The van der Waals surface area contributed by atoms with E-state index in [9.17, 15) is 8.42 Å². The minimum absolute atomic E-state index is 0.0738. The second-order valence-corrected chi connectivity index (χ2v) is 5.81. The number of hydrogen-bond acceptors (Lipinski definition) is 6. The van der Waals surface area contributed by atoms with Gasteiger partial charge in [0.2, 0.25) is 5.88 Å². The van der Waals surface area contributed by atoms with Crippen molar-refractivity contribution in [1.29, 1.82) is 0 Å². The van der Waals surface area contributed by atoms with Gasteiger partial charge >= 0.3 is 0 Å². The van der Waals surface area contributed by atoms with Gasteiger partial charge in [0.05, 0.1) is 11.4 Å². The van der Waals surface area contributed by atoms with Crippen LogP contribution in [0.2, 0.25) is 0 Å². The molecule has 0 fully saturated rings. The maximum Gasteiger partial charge on any atom is 0.283 e. The number of hydrogen-bond donors (Lipinski definition) is 2. The molecule has 0 radical (unpaired) electrons. The zero-order valence-corrected chi connectivity index (χ0v) is 12.3. The molecule has 0 amide bonds.